The van der Waals surface area contributed by atoms with Gasteiger partial charge in [-0.1, -0.05) is 25.5 Å². The summed E-state index contributed by atoms with van der Waals surface area (Å²) in [6, 6.07) is 7.50. The first kappa shape index (κ1) is 14.9. The van der Waals surface area contributed by atoms with Gasteiger partial charge in [-0.05, 0) is 24.1 Å². The van der Waals surface area contributed by atoms with Crippen molar-refractivity contribution in [2.24, 2.45) is 0 Å². The maximum Gasteiger partial charge on any atom is 0.274 e. The average Bonchev–Trinajstić information content (AvgIpc) is 2.87. The SMILES string of the molecule is CCCc1[nH]nc(C(=O)NCc2ccc(OC)cc2)c1N. The number of nitrogen functional groups attached to an aromatic ring is 1. The molecule has 0 aliphatic carbocycles. The Morgan fingerprint density at radius 3 is 2.71 bits per heavy atom. The topological polar surface area (TPSA) is 93.0 Å². The maximum absolute atomic E-state index is 12.1. The average molecular weight is 288 g/mol. The Bertz CT molecular complexity index is 605. The van der Waals surface area contributed by atoms with Crippen molar-refractivity contribution in [1.82, 2.24) is 15.5 Å². The lowest BCUT2D eigenvalue weighted by molar-refractivity contribution is 0.0947. The number of benzene rings is 1. The molecular formula is C15H20N4O2. The van der Waals surface area contributed by atoms with Crippen molar-refractivity contribution in [1.29, 1.82) is 0 Å². The number of amides is 1. The molecule has 112 valence electrons. The third-order valence-electron chi connectivity index (χ3n) is 3.21. The molecule has 21 heavy (non-hydrogen) atoms. The number of nitrogens with one attached hydrogen (secondary N) is 2. The first-order valence-electron chi connectivity index (χ1n) is 6.89. The molecule has 0 saturated carbocycles. The molecule has 0 saturated heterocycles. The van der Waals surface area contributed by atoms with Gasteiger partial charge in [-0.3, -0.25) is 9.89 Å². The van der Waals surface area contributed by atoms with Crippen molar-refractivity contribution in [2.45, 2.75) is 26.3 Å². The van der Waals surface area contributed by atoms with E-state index < -0.39 is 0 Å². The van der Waals surface area contributed by atoms with E-state index in [1.807, 2.05) is 31.2 Å². The zero-order chi connectivity index (χ0) is 15.2. The standard InChI is InChI=1S/C15H20N4O2/c1-3-4-12-13(16)14(19-18-12)15(20)17-9-10-5-7-11(21-2)8-6-10/h5-8H,3-4,9,16H2,1-2H3,(H,17,20)(H,18,19). The van der Waals surface area contributed by atoms with Crippen molar-refractivity contribution in [3.63, 3.8) is 0 Å². The van der Waals surface area contributed by atoms with Crippen molar-refractivity contribution in [3.8, 4) is 5.75 Å². The summed E-state index contributed by atoms with van der Waals surface area (Å²) >= 11 is 0. The number of hydrogen-bond acceptors (Lipinski definition) is 4. The molecular weight excluding hydrogens is 268 g/mol. The van der Waals surface area contributed by atoms with E-state index in [1.54, 1.807) is 7.11 Å². The fourth-order valence-corrected chi connectivity index (χ4v) is 2.01. The van der Waals surface area contributed by atoms with Gasteiger partial charge in [-0.2, -0.15) is 5.10 Å². The number of aryl methyl sites for hydroxylation is 1. The zero-order valence-electron chi connectivity index (χ0n) is 12.3. The second-order valence-corrected chi connectivity index (χ2v) is 4.75. The number of carbonyl (C=O) groups is 1. The molecule has 1 aromatic carbocycles. The van der Waals surface area contributed by atoms with Crippen LogP contribution in [0.4, 0.5) is 5.69 Å². The van der Waals surface area contributed by atoms with Crippen molar-refractivity contribution < 1.29 is 9.53 Å². The molecule has 0 bridgehead atoms. The van der Waals surface area contributed by atoms with Crippen molar-refractivity contribution >= 4 is 11.6 Å². The molecule has 1 heterocycles. The van der Waals surface area contributed by atoms with Crippen LogP contribution >= 0.6 is 0 Å². The first-order valence-corrected chi connectivity index (χ1v) is 6.89. The fourth-order valence-electron chi connectivity index (χ4n) is 2.01. The predicted octanol–water partition coefficient (Wildman–Crippen LogP) is 1.88. The van der Waals surface area contributed by atoms with Gasteiger partial charge in [-0.25, -0.2) is 0 Å². The number of carbonyl (C=O) groups excluding carboxylic acids is 1. The van der Waals surface area contributed by atoms with E-state index >= 15 is 0 Å². The molecule has 0 spiro atoms. The van der Waals surface area contributed by atoms with E-state index in [2.05, 4.69) is 15.5 Å². The number of rotatable bonds is 6. The number of nitrogens with two attached hydrogens (primary N) is 1. The van der Waals surface area contributed by atoms with E-state index in [0.717, 1.165) is 29.8 Å². The minimum Gasteiger partial charge on any atom is -0.497 e. The smallest absolute Gasteiger partial charge is 0.274 e. The van der Waals surface area contributed by atoms with Gasteiger partial charge in [0.15, 0.2) is 5.69 Å². The van der Waals surface area contributed by atoms with Crippen LogP contribution in [0.15, 0.2) is 24.3 Å². The van der Waals surface area contributed by atoms with Crippen LogP contribution in [-0.2, 0) is 13.0 Å². The molecule has 0 fully saturated rings. The maximum atomic E-state index is 12.1. The van der Waals surface area contributed by atoms with Gasteiger partial charge in [0.1, 0.15) is 5.75 Å². The summed E-state index contributed by atoms with van der Waals surface area (Å²) in [6.07, 6.45) is 1.73. The lowest BCUT2D eigenvalue weighted by atomic mass is 10.2. The largest absolute Gasteiger partial charge is 0.497 e. The molecule has 0 unspecified atom stereocenters. The number of hydrogen-bond donors (Lipinski definition) is 3. The minimum absolute atomic E-state index is 0.256. The quantitative estimate of drug-likeness (QED) is 0.756. The first-order chi connectivity index (χ1) is 10.2. The summed E-state index contributed by atoms with van der Waals surface area (Å²) in [5.74, 6) is 0.507. The van der Waals surface area contributed by atoms with Crippen molar-refractivity contribution in [3.05, 3.63) is 41.2 Å². The Hall–Kier alpha value is -2.50. The summed E-state index contributed by atoms with van der Waals surface area (Å²) in [7, 11) is 1.62. The zero-order valence-corrected chi connectivity index (χ0v) is 12.3. The molecule has 1 aromatic heterocycles. The molecule has 2 aromatic rings. The van der Waals surface area contributed by atoms with Gasteiger partial charge in [0.05, 0.1) is 18.5 Å². The third-order valence-corrected chi connectivity index (χ3v) is 3.21. The van der Waals surface area contributed by atoms with Crippen LogP contribution in [-0.4, -0.2) is 23.2 Å². The van der Waals surface area contributed by atoms with Gasteiger partial charge in [0.25, 0.3) is 5.91 Å². The highest BCUT2D eigenvalue weighted by Gasteiger charge is 2.16. The van der Waals surface area contributed by atoms with E-state index in [-0.39, 0.29) is 11.6 Å². The van der Waals surface area contributed by atoms with Gasteiger partial charge in [-0.15, -0.1) is 0 Å². The second kappa shape index (κ2) is 6.78. The lowest BCUT2D eigenvalue weighted by Gasteiger charge is -2.05. The van der Waals surface area contributed by atoms with Crippen LogP contribution < -0.4 is 15.8 Å². The number of anilines is 1. The Morgan fingerprint density at radius 2 is 2.10 bits per heavy atom. The highest BCUT2D eigenvalue weighted by atomic mass is 16.5. The van der Waals surface area contributed by atoms with E-state index in [4.69, 9.17) is 10.5 Å². The van der Waals surface area contributed by atoms with Gasteiger partial charge < -0.3 is 15.8 Å². The monoisotopic (exact) mass is 288 g/mol. The molecule has 6 nitrogen and oxygen atoms in total. The van der Waals surface area contributed by atoms with Crippen LogP contribution in [0, 0.1) is 0 Å². The molecule has 0 aliphatic rings. The molecule has 0 aliphatic heterocycles. The Balaban J connectivity index is 1.97. The number of nitrogens with zero attached hydrogens (tertiary/aromatic N) is 1. The normalized spacial score (nSPS) is 10.4. The van der Waals surface area contributed by atoms with Crippen LogP contribution in [0.5, 0.6) is 5.75 Å². The lowest BCUT2D eigenvalue weighted by Crippen LogP contribution is -2.24. The van der Waals surface area contributed by atoms with Gasteiger partial charge in [0, 0.05) is 6.54 Å². The Morgan fingerprint density at radius 1 is 1.38 bits per heavy atom. The number of H-pyrrole nitrogens is 1. The van der Waals surface area contributed by atoms with Gasteiger partial charge >= 0.3 is 0 Å². The van der Waals surface area contributed by atoms with E-state index in [9.17, 15) is 4.79 Å². The molecule has 6 heteroatoms. The number of aromatic amines is 1. The molecule has 0 radical (unpaired) electrons. The molecule has 1 amide bonds. The van der Waals surface area contributed by atoms with Crippen LogP contribution in [0.25, 0.3) is 0 Å². The number of aromatic nitrogens is 2. The van der Waals surface area contributed by atoms with Crippen LogP contribution in [0.2, 0.25) is 0 Å². The number of ether oxygens (including phenoxy) is 1. The summed E-state index contributed by atoms with van der Waals surface area (Å²) in [5, 5.41) is 9.62. The molecule has 4 N–H and O–H groups in total. The molecule has 2 rings (SSSR count). The third kappa shape index (κ3) is 3.53. The second-order valence-electron chi connectivity index (χ2n) is 4.75. The Kier molecular flexibility index (Phi) is 4.81. The van der Waals surface area contributed by atoms with Gasteiger partial charge in [0.2, 0.25) is 0 Å². The van der Waals surface area contributed by atoms with E-state index in [0.29, 0.717) is 12.2 Å². The fraction of sp³-hybridized carbons (Fsp3) is 0.333. The van der Waals surface area contributed by atoms with E-state index in [1.165, 1.54) is 0 Å². The highest BCUT2D eigenvalue weighted by molar-refractivity contribution is 5.97. The predicted molar refractivity (Wildman–Crippen MR) is 81.2 cm³/mol. The van der Waals surface area contributed by atoms with Crippen molar-refractivity contribution in [2.75, 3.05) is 12.8 Å². The summed E-state index contributed by atoms with van der Waals surface area (Å²) in [5.41, 5.74) is 8.41. The van der Waals surface area contributed by atoms with Crippen LogP contribution in [0.3, 0.4) is 0 Å². The summed E-state index contributed by atoms with van der Waals surface area (Å²) in [4.78, 5) is 12.1. The van der Waals surface area contributed by atoms with Crippen LogP contribution in [0.1, 0.15) is 35.1 Å². The summed E-state index contributed by atoms with van der Waals surface area (Å²) < 4.78 is 5.09. The molecule has 0 atom stereocenters. The number of methoxy groups -OCH3 is 1. The Labute approximate surface area is 123 Å². The minimum atomic E-state index is -0.276. The summed E-state index contributed by atoms with van der Waals surface area (Å²) in [6.45, 7) is 2.46. The highest BCUT2D eigenvalue weighted by Crippen LogP contribution is 2.16.